The van der Waals surface area contributed by atoms with Gasteiger partial charge in [-0.1, -0.05) is 78.6 Å². The lowest BCUT2D eigenvalue weighted by Crippen LogP contribution is -2.42. The molecule has 1 atom stereocenters. The molecule has 1 heterocycles. The molecule has 0 aliphatic carbocycles. The molecule has 0 fully saturated rings. The largest absolute Gasteiger partial charge is 0.435 e. The number of carbonyl (C=O) groups is 1. The molecule has 0 saturated carbocycles. The van der Waals surface area contributed by atoms with Crippen LogP contribution in [0.4, 0.5) is 13.2 Å². The summed E-state index contributed by atoms with van der Waals surface area (Å²) in [5.41, 5.74) is -1.40. The quantitative estimate of drug-likeness (QED) is 0.403. The van der Waals surface area contributed by atoms with Crippen LogP contribution in [0.5, 0.6) is 0 Å². The highest BCUT2D eigenvalue weighted by Crippen LogP contribution is 2.50. The third-order valence-electron chi connectivity index (χ3n) is 5.82. The summed E-state index contributed by atoms with van der Waals surface area (Å²) in [7, 11) is 0. The molecular formula is C25H21Cl2F3N2O2. The van der Waals surface area contributed by atoms with Gasteiger partial charge in [-0.3, -0.25) is 4.79 Å². The van der Waals surface area contributed by atoms with Gasteiger partial charge in [-0.2, -0.15) is 13.2 Å². The van der Waals surface area contributed by atoms with Crippen LogP contribution in [0.2, 0.25) is 10.0 Å². The van der Waals surface area contributed by atoms with Gasteiger partial charge >= 0.3 is 6.18 Å². The van der Waals surface area contributed by atoms with Gasteiger partial charge in [0, 0.05) is 40.1 Å². The highest BCUT2D eigenvalue weighted by atomic mass is 35.5. The summed E-state index contributed by atoms with van der Waals surface area (Å²) < 4.78 is 43.0. The van der Waals surface area contributed by atoms with Crippen molar-refractivity contribution in [3.63, 3.8) is 0 Å². The minimum absolute atomic E-state index is 0.0708. The van der Waals surface area contributed by atoms with E-state index in [9.17, 15) is 18.0 Å². The number of benzene rings is 3. The molecular weight excluding hydrogens is 488 g/mol. The van der Waals surface area contributed by atoms with Crippen molar-refractivity contribution in [1.82, 2.24) is 5.32 Å². The van der Waals surface area contributed by atoms with E-state index < -0.39 is 18.2 Å². The number of amides is 1. The first-order valence-electron chi connectivity index (χ1n) is 10.6. The highest BCUT2D eigenvalue weighted by molar-refractivity contribution is 6.34. The Morgan fingerprint density at radius 2 is 1.74 bits per heavy atom. The number of alkyl halides is 3. The maximum absolute atomic E-state index is 14.3. The number of oxime groups is 1. The lowest BCUT2D eigenvalue weighted by Gasteiger charge is -2.29. The Balaban J connectivity index is 1.73. The molecule has 0 radical (unpaired) electrons. The summed E-state index contributed by atoms with van der Waals surface area (Å²) in [5.74, 6) is -0.247. The normalized spacial score (nSPS) is 18.2. The Kier molecular flexibility index (Phi) is 6.53. The van der Waals surface area contributed by atoms with E-state index in [2.05, 4.69) is 10.5 Å². The van der Waals surface area contributed by atoms with E-state index in [0.29, 0.717) is 17.5 Å². The van der Waals surface area contributed by atoms with Gasteiger partial charge in [0.15, 0.2) is 0 Å². The fourth-order valence-electron chi connectivity index (χ4n) is 3.99. The maximum atomic E-state index is 14.3. The van der Waals surface area contributed by atoms with Crippen molar-refractivity contribution >= 4 is 45.6 Å². The number of nitrogens with zero attached hydrogens (tertiary/aromatic N) is 1. The van der Waals surface area contributed by atoms with Crippen molar-refractivity contribution in [3.8, 4) is 0 Å². The lowest BCUT2D eigenvalue weighted by atomic mass is 9.85. The molecule has 178 valence electrons. The van der Waals surface area contributed by atoms with Crippen molar-refractivity contribution in [2.24, 2.45) is 11.1 Å². The first-order chi connectivity index (χ1) is 16.0. The fraction of sp³-hybridized carbons (Fsp3) is 0.280. The molecule has 3 aromatic rings. The third kappa shape index (κ3) is 4.46. The zero-order chi connectivity index (χ0) is 24.7. The van der Waals surface area contributed by atoms with Crippen molar-refractivity contribution in [2.45, 2.75) is 38.6 Å². The number of hydrogen-bond donors (Lipinski definition) is 1. The van der Waals surface area contributed by atoms with Gasteiger partial charge in [0.2, 0.25) is 5.91 Å². The Morgan fingerprint density at radius 1 is 1.09 bits per heavy atom. The topological polar surface area (TPSA) is 50.7 Å². The van der Waals surface area contributed by atoms with Gasteiger partial charge in [0.05, 0.1) is 5.71 Å². The number of hydrogen-bond acceptors (Lipinski definition) is 3. The van der Waals surface area contributed by atoms with Crippen molar-refractivity contribution in [2.75, 3.05) is 0 Å². The summed E-state index contributed by atoms with van der Waals surface area (Å²) in [6.07, 6.45) is -5.32. The molecule has 0 spiro atoms. The average Bonchev–Trinajstić information content (AvgIpc) is 3.23. The molecule has 1 aliphatic heterocycles. The molecule has 4 rings (SSSR count). The zero-order valence-corrected chi connectivity index (χ0v) is 19.9. The number of halogens is 5. The Labute approximate surface area is 204 Å². The van der Waals surface area contributed by atoms with Gasteiger partial charge in [-0.15, -0.1) is 0 Å². The van der Waals surface area contributed by atoms with Crippen LogP contribution in [0, 0.1) is 5.92 Å². The SMILES string of the molecule is CC(C)C(=O)NCc1ccc(C2=NOC(c3cc(Cl)cc(Cl)c3)(C(F)(F)F)C2)c2ccccc12. The van der Waals surface area contributed by atoms with Gasteiger partial charge in [-0.25, -0.2) is 0 Å². The number of fused-ring (bicyclic) bond motifs is 1. The molecule has 9 heteroatoms. The van der Waals surface area contributed by atoms with Crippen molar-refractivity contribution < 1.29 is 22.8 Å². The van der Waals surface area contributed by atoms with E-state index in [-0.39, 0.29) is 33.1 Å². The lowest BCUT2D eigenvalue weighted by molar-refractivity contribution is -0.275. The van der Waals surface area contributed by atoms with Crippen LogP contribution in [0.15, 0.2) is 59.8 Å². The second-order valence-electron chi connectivity index (χ2n) is 8.48. The summed E-state index contributed by atoms with van der Waals surface area (Å²) in [6.45, 7) is 3.90. The van der Waals surface area contributed by atoms with E-state index in [1.54, 1.807) is 32.0 Å². The van der Waals surface area contributed by atoms with E-state index in [4.69, 9.17) is 28.0 Å². The summed E-state index contributed by atoms with van der Waals surface area (Å²) in [6, 6.07) is 14.5. The molecule has 0 aromatic heterocycles. The van der Waals surface area contributed by atoms with E-state index in [1.807, 2.05) is 18.2 Å². The Morgan fingerprint density at radius 3 is 2.35 bits per heavy atom. The predicted octanol–water partition coefficient (Wildman–Crippen LogP) is 7.00. The second-order valence-corrected chi connectivity index (χ2v) is 9.35. The molecule has 0 bridgehead atoms. The number of rotatable bonds is 5. The molecule has 1 aliphatic rings. The minimum Gasteiger partial charge on any atom is -0.374 e. The van der Waals surface area contributed by atoms with Crippen LogP contribution in [0.1, 0.15) is 37.0 Å². The Hall–Kier alpha value is -2.77. The van der Waals surface area contributed by atoms with Crippen LogP contribution < -0.4 is 5.32 Å². The fourth-order valence-corrected chi connectivity index (χ4v) is 4.51. The van der Waals surface area contributed by atoms with Gasteiger partial charge in [-0.05, 0) is 34.5 Å². The zero-order valence-electron chi connectivity index (χ0n) is 18.3. The molecule has 34 heavy (non-hydrogen) atoms. The minimum atomic E-state index is -4.77. The molecule has 4 nitrogen and oxygen atoms in total. The Bertz CT molecular complexity index is 1270. The monoisotopic (exact) mass is 508 g/mol. The number of nitrogens with one attached hydrogen (secondary N) is 1. The summed E-state index contributed by atoms with van der Waals surface area (Å²) in [4.78, 5) is 17.1. The van der Waals surface area contributed by atoms with Gasteiger partial charge < -0.3 is 10.2 Å². The van der Waals surface area contributed by atoms with Crippen molar-refractivity contribution in [3.05, 3.63) is 81.3 Å². The van der Waals surface area contributed by atoms with Crippen LogP contribution in [-0.4, -0.2) is 17.8 Å². The first-order valence-corrected chi connectivity index (χ1v) is 11.3. The molecule has 3 aromatic carbocycles. The second kappa shape index (κ2) is 9.12. The molecule has 1 amide bonds. The predicted molar refractivity (Wildman–Crippen MR) is 127 cm³/mol. The average molecular weight is 509 g/mol. The maximum Gasteiger partial charge on any atom is 0.435 e. The van der Waals surface area contributed by atoms with Crippen LogP contribution in [0.25, 0.3) is 10.8 Å². The number of carbonyl (C=O) groups excluding carboxylic acids is 1. The smallest absolute Gasteiger partial charge is 0.374 e. The summed E-state index contributed by atoms with van der Waals surface area (Å²) >= 11 is 12.0. The van der Waals surface area contributed by atoms with E-state index in [1.165, 1.54) is 18.2 Å². The first kappa shape index (κ1) is 24.4. The van der Waals surface area contributed by atoms with Crippen molar-refractivity contribution in [1.29, 1.82) is 0 Å². The van der Waals surface area contributed by atoms with Gasteiger partial charge in [0.1, 0.15) is 0 Å². The van der Waals surface area contributed by atoms with Gasteiger partial charge in [0.25, 0.3) is 5.60 Å². The van der Waals surface area contributed by atoms with E-state index >= 15 is 0 Å². The molecule has 1 unspecified atom stereocenters. The molecule has 1 N–H and O–H groups in total. The standard InChI is InChI=1S/C25H21Cl2F3N2O2/c1-14(2)23(33)31-13-15-7-8-21(20-6-4-3-5-19(15)20)22-12-24(34-32-22,25(28,29)30)16-9-17(26)11-18(27)10-16/h3-11,14H,12-13H2,1-2H3,(H,31,33). The van der Waals surface area contributed by atoms with E-state index in [0.717, 1.165) is 10.9 Å². The van der Waals surface area contributed by atoms with Crippen LogP contribution >= 0.6 is 23.2 Å². The summed E-state index contributed by atoms with van der Waals surface area (Å²) in [5, 5.41) is 8.42. The third-order valence-corrected chi connectivity index (χ3v) is 6.25. The highest BCUT2D eigenvalue weighted by Gasteiger charge is 2.62. The van der Waals surface area contributed by atoms with Crippen LogP contribution in [-0.2, 0) is 21.8 Å². The molecule has 0 saturated heterocycles. The van der Waals surface area contributed by atoms with Crippen LogP contribution in [0.3, 0.4) is 0 Å².